The van der Waals surface area contributed by atoms with E-state index in [1.165, 1.54) is 0 Å². The zero-order valence-electron chi connectivity index (χ0n) is 17.1. The molecule has 0 saturated carbocycles. The molecule has 1 aromatic carbocycles. The van der Waals surface area contributed by atoms with Crippen LogP contribution in [0.5, 0.6) is 5.75 Å². The van der Waals surface area contributed by atoms with E-state index >= 15 is 0 Å². The first kappa shape index (κ1) is 19.6. The number of rotatable bonds is 9. The number of anilines is 2. The van der Waals surface area contributed by atoms with Gasteiger partial charge in [-0.25, -0.2) is 4.98 Å². The zero-order valence-corrected chi connectivity index (χ0v) is 17.1. The maximum absolute atomic E-state index is 5.76. The maximum atomic E-state index is 5.76. The van der Waals surface area contributed by atoms with Crippen LogP contribution < -0.4 is 15.4 Å². The predicted octanol–water partition coefficient (Wildman–Crippen LogP) is 3.91. The van der Waals surface area contributed by atoms with E-state index in [-0.39, 0.29) is 6.04 Å². The second-order valence-corrected chi connectivity index (χ2v) is 7.12. The number of ether oxygens (including phenoxy) is 1. The summed E-state index contributed by atoms with van der Waals surface area (Å²) >= 11 is 0. The minimum Gasteiger partial charge on any atom is -0.492 e. The molecule has 4 aromatic rings. The van der Waals surface area contributed by atoms with Crippen LogP contribution in [0.2, 0.25) is 0 Å². The van der Waals surface area contributed by atoms with Crippen LogP contribution in [0.4, 0.5) is 11.8 Å². The van der Waals surface area contributed by atoms with E-state index in [4.69, 9.17) is 9.72 Å². The highest BCUT2D eigenvalue weighted by molar-refractivity contribution is 5.84. The molecule has 3 heterocycles. The largest absolute Gasteiger partial charge is 0.492 e. The van der Waals surface area contributed by atoms with Gasteiger partial charge in [-0.15, -0.1) is 0 Å². The van der Waals surface area contributed by atoms with E-state index in [0.29, 0.717) is 31.5 Å². The number of hydrogen-bond donors (Lipinski definition) is 2. The summed E-state index contributed by atoms with van der Waals surface area (Å²) < 4.78 is 7.80. The Balaban J connectivity index is 1.51. The Morgan fingerprint density at radius 3 is 2.67 bits per heavy atom. The van der Waals surface area contributed by atoms with Crippen LogP contribution in [0.3, 0.4) is 0 Å². The van der Waals surface area contributed by atoms with Gasteiger partial charge in [0.25, 0.3) is 0 Å². The Bertz CT molecular complexity index is 1080. The highest BCUT2D eigenvalue weighted by atomic mass is 16.5. The van der Waals surface area contributed by atoms with Crippen molar-refractivity contribution in [3.8, 4) is 5.75 Å². The first-order valence-electron chi connectivity index (χ1n) is 10.00. The predicted molar refractivity (Wildman–Crippen MR) is 118 cm³/mol. The molecule has 8 heteroatoms. The van der Waals surface area contributed by atoms with E-state index in [1.807, 2.05) is 53.2 Å². The third-order valence-electron chi connectivity index (χ3n) is 4.56. The average molecular weight is 403 g/mol. The fraction of sp³-hybridized carbons (Fsp3) is 0.273. The quantitative estimate of drug-likeness (QED) is 0.410. The topological polar surface area (TPSA) is 89.8 Å². The van der Waals surface area contributed by atoms with Gasteiger partial charge in [0.15, 0.2) is 17.0 Å². The lowest BCUT2D eigenvalue weighted by atomic mass is 10.3. The van der Waals surface area contributed by atoms with Gasteiger partial charge in [0.05, 0.1) is 12.9 Å². The number of aromatic nitrogens is 5. The van der Waals surface area contributed by atoms with Crippen molar-refractivity contribution < 1.29 is 4.74 Å². The average Bonchev–Trinajstić information content (AvgIpc) is 3.21. The molecular formula is C22H25N7O. The lowest BCUT2D eigenvalue weighted by Crippen LogP contribution is -2.14. The van der Waals surface area contributed by atoms with Crippen molar-refractivity contribution in [3.63, 3.8) is 0 Å². The molecule has 3 aromatic heterocycles. The summed E-state index contributed by atoms with van der Waals surface area (Å²) in [5.41, 5.74) is 2.60. The molecule has 0 saturated heterocycles. The lowest BCUT2D eigenvalue weighted by Gasteiger charge is -2.12. The molecule has 0 atom stereocenters. The highest BCUT2D eigenvalue weighted by Gasteiger charge is 2.14. The second-order valence-electron chi connectivity index (χ2n) is 7.12. The number of imidazole rings is 1. The maximum Gasteiger partial charge on any atom is 0.227 e. The molecule has 0 bridgehead atoms. The lowest BCUT2D eigenvalue weighted by molar-refractivity contribution is 0.333. The molecule has 4 rings (SSSR count). The van der Waals surface area contributed by atoms with Crippen LogP contribution in [-0.2, 0) is 6.54 Å². The summed E-state index contributed by atoms with van der Waals surface area (Å²) in [7, 11) is 0. The molecule has 0 fully saturated rings. The number of pyridine rings is 1. The van der Waals surface area contributed by atoms with Crippen molar-refractivity contribution in [1.82, 2.24) is 24.5 Å². The number of fused-ring (bicyclic) bond motifs is 1. The molecule has 0 spiro atoms. The summed E-state index contributed by atoms with van der Waals surface area (Å²) in [5.74, 6) is 2.07. The molecule has 0 unspecified atom stereocenters. The van der Waals surface area contributed by atoms with Crippen LogP contribution in [0, 0.1) is 0 Å². The van der Waals surface area contributed by atoms with E-state index < -0.39 is 0 Å². The van der Waals surface area contributed by atoms with Gasteiger partial charge in [-0.2, -0.15) is 9.97 Å². The number of benzene rings is 1. The Morgan fingerprint density at radius 2 is 1.90 bits per heavy atom. The van der Waals surface area contributed by atoms with Crippen molar-refractivity contribution in [2.24, 2.45) is 0 Å². The van der Waals surface area contributed by atoms with Crippen LogP contribution in [-0.4, -0.2) is 37.7 Å². The van der Waals surface area contributed by atoms with E-state index in [2.05, 4.69) is 39.4 Å². The second kappa shape index (κ2) is 9.21. The van der Waals surface area contributed by atoms with Crippen LogP contribution in [0.15, 0.2) is 61.2 Å². The first-order valence-corrected chi connectivity index (χ1v) is 10.00. The molecule has 0 amide bonds. The summed E-state index contributed by atoms with van der Waals surface area (Å²) in [6, 6.07) is 13.9. The Labute approximate surface area is 175 Å². The van der Waals surface area contributed by atoms with Gasteiger partial charge < -0.3 is 19.9 Å². The summed E-state index contributed by atoms with van der Waals surface area (Å²) in [4.78, 5) is 18.0. The summed E-state index contributed by atoms with van der Waals surface area (Å²) in [5, 5.41) is 6.64. The third-order valence-corrected chi connectivity index (χ3v) is 4.56. The van der Waals surface area contributed by atoms with Crippen LogP contribution >= 0.6 is 0 Å². The molecule has 2 N–H and O–H groups in total. The van der Waals surface area contributed by atoms with E-state index in [9.17, 15) is 0 Å². The SMILES string of the molecule is CC(C)n1cnc2c(NCCOc3ccccc3)nc(NCc3cccnc3)nc21. The first-order chi connectivity index (χ1) is 14.7. The minimum absolute atomic E-state index is 0.241. The fourth-order valence-corrected chi connectivity index (χ4v) is 3.04. The van der Waals surface area contributed by atoms with Crippen molar-refractivity contribution in [2.75, 3.05) is 23.8 Å². The number of para-hydroxylation sites is 1. The normalized spacial score (nSPS) is 11.0. The van der Waals surface area contributed by atoms with Crippen LogP contribution in [0.1, 0.15) is 25.5 Å². The monoisotopic (exact) mass is 403 g/mol. The molecule has 0 aliphatic heterocycles. The number of nitrogens with zero attached hydrogens (tertiary/aromatic N) is 5. The van der Waals surface area contributed by atoms with Gasteiger partial charge in [-0.05, 0) is 37.6 Å². The van der Waals surface area contributed by atoms with E-state index in [0.717, 1.165) is 22.5 Å². The van der Waals surface area contributed by atoms with Gasteiger partial charge in [0.1, 0.15) is 12.4 Å². The van der Waals surface area contributed by atoms with E-state index in [1.54, 1.807) is 12.5 Å². The Morgan fingerprint density at radius 1 is 1.03 bits per heavy atom. The Hall–Kier alpha value is -3.68. The Kier molecular flexibility index (Phi) is 6.03. The van der Waals surface area contributed by atoms with Gasteiger partial charge in [0, 0.05) is 25.0 Å². The fourth-order valence-electron chi connectivity index (χ4n) is 3.04. The molecule has 0 aliphatic rings. The smallest absolute Gasteiger partial charge is 0.227 e. The molecule has 30 heavy (non-hydrogen) atoms. The van der Waals surface area contributed by atoms with Gasteiger partial charge >= 0.3 is 0 Å². The highest BCUT2D eigenvalue weighted by Crippen LogP contribution is 2.23. The molecule has 154 valence electrons. The minimum atomic E-state index is 0.241. The van der Waals surface area contributed by atoms with Crippen LogP contribution in [0.25, 0.3) is 11.2 Å². The molecule has 8 nitrogen and oxygen atoms in total. The standard InChI is InChI=1S/C22H25N7O/c1-16(2)29-15-26-19-20(24-11-12-30-18-8-4-3-5-9-18)27-22(28-21(19)29)25-14-17-7-6-10-23-13-17/h3-10,13,15-16H,11-12,14H2,1-2H3,(H2,24,25,27,28). The molecule has 0 radical (unpaired) electrons. The van der Waals surface area contributed by atoms with Crippen molar-refractivity contribution in [2.45, 2.75) is 26.4 Å². The molecular weight excluding hydrogens is 378 g/mol. The summed E-state index contributed by atoms with van der Waals surface area (Å²) in [6.07, 6.45) is 5.39. The zero-order chi connectivity index (χ0) is 20.8. The van der Waals surface area contributed by atoms with Gasteiger partial charge in [0.2, 0.25) is 5.95 Å². The van der Waals surface area contributed by atoms with Gasteiger partial charge in [-0.3, -0.25) is 4.98 Å². The van der Waals surface area contributed by atoms with Crippen molar-refractivity contribution >= 4 is 22.9 Å². The third kappa shape index (κ3) is 4.65. The van der Waals surface area contributed by atoms with Crippen molar-refractivity contribution in [3.05, 3.63) is 66.7 Å². The molecule has 0 aliphatic carbocycles. The number of hydrogen-bond acceptors (Lipinski definition) is 7. The number of nitrogens with one attached hydrogen (secondary N) is 2. The summed E-state index contributed by atoms with van der Waals surface area (Å²) in [6.45, 7) is 5.90. The van der Waals surface area contributed by atoms with Gasteiger partial charge in [-0.1, -0.05) is 24.3 Å². The van der Waals surface area contributed by atoms with Crippen molar-refractivity contribution in [1.29, 1.82) is 0 Å².